The van der Waals surface area contributed by atoms with Crippen molar-refractivity contribution in [2.75, 3.05) is 0 Å². The molecule has 0 spiro atoms. The Hall–Kier alpha value is -3.26. The smallest absolute Gasteiger partial charge is 0.333 e. The van der Waals surface area contributed by atoms with E-state index in [4.69, 9.17) is 19.4 Å². The van der Waals surface area contributed by atoms with Gasteiger partial charge in [0, 0.05) is 12.8 Å². The molecule has 0 aromatic rings. The minimum absolute atomic E-state index is 0.0190. The monoisotopic (exact) mass is 1560 g/mol. The second kappa shape index (κ2) is 35.7. The van der Waals surface area contributed by atoms with Crippen molar-refractivity contribution in [3.63, 3.8) is 0 Å². The van der Waals surface area contributed by atoms with Gasteiger partial charge in [0.25, 0.3) is 11.8 Å². The van der Waals surface area contributed by atoms with Gasteiger partial charge in [-0.1, -0.05) is 139 Å². The quantitative estimate of drug-likeness (QED) is 0.0215. The SMILES string of the molecule is CCCCCC[C@](C)(O)[C@H]1CC[C@H]2[C@@H]3C[C@H](O)[C@H]4C[C@@H](O)CC[C@]4(C)[C@H]3CC[C@@]21C.CCCCCC[C@](C)(O)[C@H]1CC[C@H]2[C@@H]3C[C@H](O)[C@H]4C[C@@H](OC(=O)CCC(=O)O)CC[C@]4(C)[C@H]3CC[C@@]21C.CCCCCC[C@](C)(O)[C@H]1CC[C@H]2[C@@H]3C[C@H](O)[C@H]4C[C@@H](OC(=O)CCC(=O)ON5C(=O)CCC5=O)CC[C@]4(C)[C@H]3CC[C@@]21C. The van der Waals surface area contributed by atoms with Gasteiger partial charge in [-0.05, 0) is 315 Å². The summed E-state index contributed by atoms with van der Waals surface area (Å²) in [6, 6.07) is 0. The molecule has 12 saturated carbocycles. The molecular weight excluding hydrogens is 1400 g/mol. The number of hydrogen-bond acceptors (Lipinski definition) is 16. The van der Waals surface area contributed by atoms with Gasteiger partial charge in [0.2, 0.25) is 0 Å². The molecule has 2 amide bonds. The average molecular weight is 1560 g/mol. The van der Waals surface area contributed by atoms with E-state index in [-0.39, 0.29) is 113 Å². The lowest BCUT2D eigenvalue weighted by Gasteiger charge is -2.62. The highest BCUT2D eigenvalue weighted by Crippen LogP contribution is 2.73. The average Bonchev–Trinajstić information content (AvgIpc) is 1.68. The Kier molecular flexibility index (Phi) is 28.5. The van der Waals surface area contributed by atoms with Crippen molar-refractivity contribution in [2.45, 2.75) is 425 Å². The van der Waals surface area contributed by atoms with Crippen LogP contribution in [0.2, 0.25) is 0 Å². The second-order valence-corrected chi connectivity index (χ2v) is 42.0. The Labute approximate surface area is 668 Å². The Morgan fingerprint density at radius 3 is 1.03 bits per heavy atom. The highest BCUT2D eigenvalue weighted by atomic mass is 16.7. The lowest BCUT2D eigenvalue weighted by atomic mass is 9.43. The van der Waals surface area contributed by atoms with E-state index in [1.54, 1.807) is 0 Å². The summed E-state index contributed by atoms with van der Waals surface area (Å²) in [5, 5.41) is 88.7. The summed E-state index contributed by atoms with van der Waals surface area (Å²) in [6.45, 7) is 27.5. The van der Waals surface area contributed by atoms with Crippen LogP contribution in [-0.2, 0) is 43.1 Å². The molecule has 18 heteroatoms. The molecule has 111 heavy (non-hydrogen) atoms. The van der Waals surface area contributed by atoms with E-state index in [1.165, 1.54) is 77.0 Å². The summed E-state index contributed by atoms with van der Waals surface area (Å²) in [6.07, 6.45) is 38.2. The van der Waals surface area contributed by atoms with E-state index in [2.05, 4.69) is 83.1 Å². The molecule has 0 aromatic heterocycles. The number of rotatable bonds is 27. The van der Waals surface area contributed by atoms with E-state index >= 15 is 0 Å². The summed E-state index contributed by atoms with van der Waals surface area (Å²) < 4.78 is 11.4. The zero-order chi connectivity index (χ0) is 80.6. The summed E-state index contributed by atoms with van der Waals surface area (Å²) >= 11 is 0. The molecule has 1 heterocycles. The molecule has 0 radical (unpaired) electrons. The number of ether oxygens (including phenoxy) is 2. The van der Waals surface area contributed by atoms with Crippen LogP contribution in [0.5, 0.6) is 0 Å². The Morgan fingerprint density at radius 2 is 0.685 bits per heavy atom. The first-order chi connectivity index (χ1) is 52.3. The van der Waals surface area contributed by atoms with Crippen LogP contribution >= 0.6 is 0 Å². The summed E-state index contributed by atoms with van der Waals surface area (Å²) in [7, 11) is 0. The molecule has 1 saturated heterocycles. The lowest BCUT2D eigenvalue weighted by molar-refractivity contribution is -0.198. The van der Waals surface area contributed by atoms with Crippen LogP contribution in [0.3, 0.4) is 0 Å². The van der Waals surface area contributed by atoms with Crippen LogP contribution in [-0.4, -0.2) is 135 Å². The number of aliphatic carboxylic acids is 1. The van der Waals surface area contributed by atoms with Crippen molar-refractivity contribution in [1.29, 1.82) is 0 Å². The number of carboxylic acids is 1. The Bertz CT molecular complexity index is 3150. The minimum atomic E-state index is -0.988. The third kappa shape index (κ3) is 18.2. The van der Waals surface area contributed by atoms with E-state index in [0.717, 1.165) is 161 Å². The molecule has 1 aliphatic heterocycles. The third-order valence-corrected chi connectivity index (χ3v) is 35.6. The molecule has 18 nitrogen and oxygen atoms in total. The topological polar surface area (TPSA) is 295 Å². The van der Waals surface area contributed by atoms with Crippen LogP contribution in [0.15, 0.2) is 0 Å². The molecule has 13 aliphatic rings. The van der Waals surface area contributed by atoms with Crippen LogP contribution < -0.4 is 0 Å². The molecular formula is C93H155NO17. The molecule has 0 aromatic carbocycles. The first-order valence-corrected chi connectivity index (χ1v) is 45.9. The normalized spacial score (nSPS) is 43.6. The number of nitrogens with zero attached hydrogens (tertiary/aromatic N) is 1. The fourth-order valence-corrected chi connectivity index (χ4v) is 30.0. The Morgan fingerprint density at radius 1 is 0.378 bits per heavy atom. The summed E-state index contributed by atoms with van der Waals surface area (Å²) in [5.74, 6) is 2.62. The fraction of sp³-hybridized carbons (Fsp3) is 0.935. The number of fused-ring (bicyclic) bond motifs is 15. The summed E-state index contributed by atoms with van der Waals surface area (Å²) in [5.41, 5.74) is -1.18. The van der Waals surface area contributed by atoms with Crippen molar-refractivity contribution in [1.82, 2.24) is 5.06 Å². The van der Waals surface area contributed by atoms with Gasteiger partial charge in [0.15, 0.2) is 0 Å². The maximum absolute atomic E-state index is 12.6. The van der Waals surface area contributed by atoms with Crippen molar-refractivity contribution < 1.29 is 83.9 Å². The maximum Gasteiger partial charge on any atom is 0.333 e. The van der Waals surface area contributed by atoms with Gasteiger partial charge in [-0.2, -0.15) is 0 Å². The second-order valence-electron chi connectivity index (χ2n) is 42.0. The van der Waals surface area contributed by atoms with Crippen LogP contribution in [0.1, 0.15) is 372 Å². The van der Waals surface area contributed by atoms with Gasteiger partial charge in [0.05, 0.1) is 66.9 Å². The molecule has 12 aliphatic carbocycles. The van der Waals surface area contributed by atoms with Crippen LogP contribution in [0.25, 0.3) is 0 Å². The lowest BCUT2D eigenvalue weighted by Crippen LogP contribution is -2.59. The Balaban J connectivity index is 0.000000168. The van der Waals surface area contributed by atoms with E-state index in [0.29, 0.717) is 88.9 Å². The predicted molar refractivity (Wildman–Crippen MR) is 427 cm³/mol. The number of hydroxylamine groups is 2. The third-order valence-electron chi connectivity index (χ3n) is 35.6. The van der Waals surface area contributed by atoms with Crippen LogP contribution in [0.4, 0.5) is 0 Å². The van der Waals surface area contributed by atoms with Gasteiger partial charge >= 0.3 is 23.9 Å². The molecule has 0 bridgehead atoms. The minimum Gasteiger partial charge on any atom is -0.481 e. The number of carbonyl (C=O) groups excluding carboxylic acids is 5. The standard InChI is InChI=1S/C35H55NO8.C31H52O6.C27H48O3/c1-5-6-7-8-17-35(4,42)28-10-9-24-23-21-27(37)26-20-22(15-18-33(26,2)25(23)16-19-34(24,28)3)43-31(40)13-14-32(41)44-36-29(38)11-12-30(36)39;1-5-6-7-8-15-31(4,36)26-10-9-22-21-19-25(32)24-18-20(37-28(35)12-11-27(33)34)13-16-29(24,2)23(21)14-17-30(22,26)3;1-5-6-7-8-13-27(4,30)24-10-9-20-19-17-23(29)22-16-18(28)11-14-25(22,2)21(19)12-15-26(20,24)3/h22-28,37,42H,5-21H2,1-4H3;20-26,32,36H,5-19H2,1-4H3,(H,33,34);18-24,28-30H,5-17H2,1-4H3/t22-,23-,24-,25-,26+,27-,28-,33+,34-,35-;20-,21-,22-,23-,24+,25-,26-,29+,30-,31-;18-,19-,20-,21-,22+,23-,24-,25+,26-,27-/m000/s1. The van der Waals surface area contributed by atoms with Gasteiger partial charge in [-0.25, -0.2) is 4.79 Å². The zero-order valence-corrected chi connectivity index (χ0v) is 71.1. The van der Waals surface area contributed by atoms with Gasteiger partial charge in [-0.15, -0.1) is 5.06 Å². The van der Waals surface area contributed by atoms with Crippen molar-refractivity contribution in [3.8, 4) is 0 Å². The first kappa shape index (κ1) is 88.5. The van der Waals surface area contributed by atoms with E-state index in [1.807, 2.05) is 0 Å². The highest BCUT2D eigenvalue weighted by Gasteiger charge is 2.68. The van der Waals surface area contributed by atoms with E-state index in [9.17, 15) is 64.5 Å². The number of aliphatic hydroxyl groups excluding tert-OH is 4. The van der Waals surface area contributed by atoms with Gasteiger partial charge in [0.1, 0.15) is 12.2 Å². The van der Waals surface area contributed by atoms with Crippen molar-refractivity contribution in [2.24, 2.45) is 121 Å². The number of carbonyl (C=O) groups is 6. The number of aliphatic hydroxyl groups is 7. The number of amides is 2. The number of hydrogen-bond donors (Lipinski definition) is 8. The first-order valence-electron chi connectivity index (χ1n) is 45.9. The van der Waals surface area contributed by atoms with Crippen molar-refractivity contribution >= 4 is 35.7 Å². The van der Waals surface area contributed by atoms with E-state index < -0.39 is 64.7 Å². The molecule has 0 unspecified atom stereocenters. The van der Waals surface area contributed by atoms with Crippen LogP contribution in [0, 0.1) is 121 Å². The fourth-order valence-electron chi connectivity index (χ4n) is 30.0. The molecule has 634 valence electrons. The van der Waals surface area contributed by atoms with Gasteiger partial charge < -0.3 is 55.2 Å². The summed E-state index contributed by atoms with van der Waals surface area (Å²) in [4.78, 5) is 75.9. The molecule has 13 rings (SSSR count). The predicted octanol–water partition coefficient (Wildman–Crippen LogP) is 17.4. The number of carboxylic acid groups (broad SMARTS) is 1. The highest BCUT2D eigenvalue weighted by molar-refractivity contribution is 6.01. The zero-order valence-electron chi connectivity index (χ0n) is 71.1. The largest absolute Gasteiger partial charge is 0.481 e. The molecule has 30 atom stereocenters. The number of unbranched alkanes of at least 4 members (excludes halogenated alkanes) is 9. The number of esters is 2. The maximum atomic E-state index is 12.6. The van der Waals surface area contributed by atoms with Gasteiger partial charge in [-0.3, -0.25) is 24.0 Å². The molecule has 13 fully saturated rings. The molecule has 8 N–H and O–H groups in total. The number of imide groups is 1. The van der Waals surface area contributed by atoms with Crippen molar-refractivity contribution in [3.05, 3.63) is 0 Å².